The number of rotatable bonds is 3. The predicted molar refractivity (Wildman–Crippen MR) is 76.9 cm³/mol. The Hall–Kier alpha value is -1.77. The first-order valence-electron chi connectivity index (χ1n) is 7.33. The molecule has 3 heteroatoms. The lowest BCUT2D eigenvalue weighted by atomic mass is 9.90. The summed E-state index contributed by atoms with van der Waals surface area (Å²) in [7, 11) is 0. The van der Waals surface area contributed by atoms with Gasteiger partial charge in [0.1, 0.15) is 0 Å². The number of nitrogens with one attached hydrogen (secondary N) is 1. The molecule has 0 radical (unpaired) electrons. The lowest BCUT2D eigenvalue weighted by Crippen LogP contribution is -2.11. The Kier molecular flexibility index (Phi) is 2.57. The Labute approximate surface area is 113 Å². The van der Waals surface area contributed by atoms with Crippen molar-refractivity contribution in [2.24, 2.45) is 0 Å². The number of aryl methyl sites for hydroxylation is 1. The van der Waals surface area contributed by atoms with Crippen LogP contribution in [0, 0.1) is 0 Å². The van der Waals surface area contributed by atoms with E-state index in [-0.39, 0.29) is 0 Å². The molecule has 0 unspecified atom stereocenters. The quantitative estimate of drug-likeness (QED) is 0.909. The first-order chi connectivity index (χ1) is 9.42. The highest BCUT2D eigenvalue weighted by Gasteiger charge is 2.23. The zero-order valence-electron chi connectivity index (χ0n) is 11.1. The topological polar surface area (TPSA) is 29.9 Å². The lowest BCUT2D eigenvalue weighted by Gasteiger charge is -2.20. The number of hydrogen-bond acceptors (Lipinski definition) is 2. The maximum Gasteiger partial charge on any atom is 0.207 e. The van der Waals surface area contributed by atoms with E-state index in [1.807, 2.05) is 6.20 Å². The summed E-state index contributed by atoms with van der Waals surface area (Å²) in [5.41, 5.74) is 4.36. The van der Waals surface area contributed by atoms with E-state index in [1.165, 1.54) is 55.3 Å². The molecule has 0 atom stereocenters. The molecule has 1 aromatic carbocycles. The summed E-state index contributed by atoms with van der Waals surface area (Å²) in [5.74, 6) is 1.00. The molecule has 1 fully saturated rings. The normalized spacial score (nSPS) is 18.1. The summed E-state index contributed by atoms with van der Waals surface area (Å²) in [4.78, 5) is 4.47. The molecular weight excluding hydrogens is 234 g/mol. The van der Waals surface area contributed by atoms with Crippen LogP contribution in [0.3, 0.4) is 0 Å². The lowest BCUT2D eigenvalue weighted by molar-refractivity contribution is 0.681. The molecule has 0 bridgehead atoms. The van der Waals surface area contributed by atoms with Crippen LogP contribution in [0.25, 0.3) is 5.69 Å². The predicted octanol–water partition coefficient (Wildman–Crippen LogP) is 3.33. The molecule has 0 aliphatic heterocycles. The molecular formula is C16H19N3. The van der Waals surface area contributed by atoms with Gasteiger partial charge < -0.3 is 5.32 Å². The molecule has 98 valence electrons. The second-order valence-electron chi connectivity index (χ2n) is 5.66. The van der Waals surface area contributed by atoms with Crippen molar-refractivity contribution in [2.45, 2.75) is 44.6 Å². The molecule has 2 aliphatic rings. The molecule has 4 rings (SSSR count). The Balaban J connectivity index is 1.77. The van der Waals surface area contributed by atoms with Gasteiger partial charge in [-0.3, -0.25) is 4.57 Å². The van der Waals surface area contributed by atoms with Gasteiger partial charge in [0.15, 0.2) is 0 Å². The fraction of sp³-hybridized carbons (Fsp3) is 0.438. The van der Waals surface area contributed by atoms with Crippen molar-refractivity contribution < 1.29 is 0 Å². The third kappa shape index (κ3) is 2.03. The average molecular weight is 253 g/mol. The van der Waals surface area contributed by atoms with Gasteiger partial charge in [0.2, 0.25) is 5.95 Å². The minimum absolute atomic E-state index is 0.640. The van der Waals surface area contributed by atoms with E-state index in [0.29, 0.717) is 6.04 Å². The van der Waals surface area contributed by atoms with E-state index in [4.69, 9.17) is 0 Å². The van der Waals surface area contributed by atoms with Crippen molar-refractivity contribution in [1.29, 1.82) is 0 Å². The zero-order valence-corrected chi connectivity index (χ0v) is 11.1. The van der Waals surface area contributed by atoms with Crippen molar-refractivity contribution in [2.75, 3.05) is 5.32 Å². The van der Waals surface area contributed by atoms with Crippen molar-refractivity contribution in [3.8, 4) is 5.69 Å². The van der Waals surface area contributed by atoms with Crippen LogP contribution in [-0.4, -0.2) is 15.6 Å². The van der Waals surface area contributed by atoms with Gasteiger partial charge >= 0.3 is 0 Å². The highest BCUT2D eigenvalue weighted by Crippen LogP contribution is 2.30. The zero-order chi connectivity index (χ0) is 12.7. The largest absolute Gasteiger partial charge is 0.353 e. The molecule has 1 aromatic heterocycles. The van der Waals surface area contributed by atoms with Crippen molar-refractivity contribution in [3.63, 3.8) is 0 Å². The highest BCUT2D eigenvalue weighted by atomic mass is 15.2. The maximum atomic E-state index is 4.47. The number of nitrogens with zero attached hydrogens (tertiary/aromatic N) is 2. The van der Waals surface area contributed by atoms with Crippen LogP contribution in [0.5, 0.6) is 0 Å². The van der Waals surface area contributed by atoms with Crippen LogP contribution in [0.4, 0.5) is 5.95 Å². The second kappa shape index (κ2) is 4.41. The SMILES string of the molecule is c1cc2c(c(-n3ccnc3NC3CC3)c1)CCCC2. The number of fused-ring (bicyclic) bond motifs is 1. The number of anilines is 1. The van der Waals surface area contributed by atoms with Gasteiger partial charge in [0.05, 0.1) is 5.69 Å². The summed E-state index contributed by atoms with van der Waals surface area (Å²) < 4.78 is 2.22. The molecule has 0 amide bonds. The Morgan fingerprint density at radius 1 is 1.16 bits per heavy atom. The molecule has 1 heterocycles. The van der Waals surface area contributed by atoms with Gasteiger partial charge in [0.25, 0.3) is 0 Å². The van der Waals surface area contributed by atoms with Crippen LogP contribution >= 0.6 is 0 Å². The Morgan fingerprint density at radius 2 is 2.05 bits per heavy atom. The maximum absolute atomic E-state index is 4.47. The molecule has 19 heavy (non-hydrogen) atoms. The monoisotopic (exact) mass is 253 g/mol. The minimum Gasteiger partial charge on any atom is -0.353 e. The van der Waals surface area contributed by atoms with Gasteiger partial charge in [-0.25, -0.2) is 4.98 Å². The highest BCUT2D eigenvalue weighted by molar-refractivity contribution is 5.51. The van der Waals surface area contributed by atoms with Crippen LogP contribution in [-0.2, 0) is 12.8 Å². The third-order valence-corrected chi connectivity index (χ3v) is 4.18. The van der Waals surface area contributed by atoms with E-state index >= 15 is 0 Å². The summed E-state index contributed by atoms with van der Waals surface area (Å²) in [6.45, 7) is 0. The standard InChI is InChI=1S/C16H19N3/c1-2-6-14-12(4-1)5-3-7-15(14)19-11-10-17-16(19)18-13-8-9-13/h3,5,7,10-11,13H,1-2,4,6,8-9H2,(H,17,18). The number of benzene rings is 1. The van der Waals surface area contributed by atoms with Crippen molar-refractivity contribution >= 4 is 5.95 Å². The fourth-order valence-corrected chi connectivity index (χ4v) is 3.00. The van der Waals surface area contributed by atoms with Gasteiger partial charge in [-0.2, -0.15) is 0 Å². The van der Waals surface area contributed by atoms with Crippen LogP contribution in [0.15, 0.2) is 30.6 Å². The minimum atomic E-state index is 0.640. The summed E-state index contributed by atoms with van der Waals surface area (Å²) in [5, 5.41) is 3.52. The fourth-order valence-electron chi connectivity index (χ4n) is 3.00. The molecule has 3 nitrogen and oxygen atoms in total. The Morgan fingerprint density at radius 3 is 2.95 bits per heavy atom. The second-order valence-corrected chi connectivity index (χ2v) is 5.66. The molecule has 1 N–H and O–H groups in total. The number of aromatic nitrogens is 2. The van der Waals surface area contributed by atoms with Crippen LogP contribution in [0.2, 0.25) is 0 Å². The van der Waals surface area contributed by atoms with E-state index in [9.17, 15) is 0 Å². The van der Waals surface area contributed by atoms with Crippen LogP contribution in [0.1, 0.15) is 36.8 Å². The van der Waals surface area contributed by atoms with Crippen LogP contribution < -0.4 is 5.32 Å². The molecule has 0 saturated heterocycles. The first-order valence-corrected chi connectivity index (χ1v) is 7.33. The summed E-state index contributed by atoms with van der Waals surface area (Å²) in [6, 6.07) is 7.33. The third-order valence-electron chi connectivity index (χ3n) is 4.18. The van der Waals surface area contributed by atoms with Gasteiger partial charge in [0, 0.05) is 18.4 Å². The first kappa shape index (κ1) is 11.1. The summed E-state index contributed by atoms with van der Waals surface area (Å²) >= 11 is 0. The van der Waals surface area contributed by atoms with E-state index in [1.54, 1.807) is 0 Å². The van der Waals surface area contributed by atoms with Crippen molar-refractivity contribution in [3.05, 3.63) is 41.7 Å². The molecule has 2 aromatic rings. The molecule has 1 saturated carbocycles. The van der Waals surface area contributed by atoms with Crippen molar-refractivity contribution in [1.82, 2.24) is 9.55 Å². The van der Waals surface area contributed by atoms with E-state index in [0.717, 1.165) is 5.95 Å². The smallest absolute Gasteiger partial charge is 0.207 e. The van der Waals surface area contributed by atoms with Gasteiger partial charge in [-0.15, -0.1) is 0 Å². The number of hydrogen-bond donors (Lipinski definition) is 1. The molecule has 0 spiro atoms. The van der Waals surface area contributed by atoms with E-state index in [2.05, 4.69) is 39.3 Å². The molecule has 2 aliphatic carbocycles. The van der Waals surface area contributed by atoms with Gasteiger partial charge in [-0.05, 0) is 55.7 Å². The number of imidazole rings is 1. The Bertz CT molecular complexity index is 596. The van der Waals surface area contributed by atoms with E-state index < -0.39 is 0 Å². The summed E-state index contributed by atoms with van der Waals surface area (Å²) in [6.07, 6.45) is 11.6. The van der Waals surface area contributed by atoms with Gasteiger partial charge in [-0.1, -0.05) is 12.1 Å². The average Bonchev–Trinajstić information content (AvgIpc) is 3.15.